The highest BCUT2D eigenvalue weighted by molar-refractivity contribution is 7.99. The average molecular weight is 424 g/mol. The monoisotopic (exact) mass is 423 g/mol. The Morgan fingerprint density at radius 2 is 1.70 bits per heavy atom. The number of carbonyl (C=O) groups excluding carboxylic acids is 2. The Bertz CT molecular complexity index is 1000. The first-order valence-corrected chi connectivity index (χ1v) is 10.7. The van der Waals surface area contributed by atoms with Gasteiger partial charge in [-0.2, -0.15) is 0 Å². The number of nitrogens with one attached hydrogen (secondary N) is 2. The largest absolute Gasteiger partial charge is 0.352 e. The molecule has 3 rings (SSSR count). The van der Waals surface area contributed by atoms with E-state index in [9.17, 15) is 9.59 Å². The number of hydrogen-bond donors (Lipinski definition) is 2. The Balaban J connectivity index is 1.76. The molecule has 1 heterocycles. The van der Waals surface area contributed by atoms with Gasteiger partial charge in [-0.1, -0.05) is 59.8 Å². The van der Waals surface area contributed by atoms with E-state index in [2.05, 4.69) is 20.8 Å². The molecule has 0 saturated carbocycles. The van der Waals surface area contributed by atoms with Gasteiger partial charge >= 0.3 is 0 Å². The summed E-state index contributed by atoms with van der Waals surface area (Å²) in [5.41, 5.74) is 3.01. The highest BCUT2D eigenvalue weighted by atomic mass is 32.2. The van der Waals surface area contributed by atoms with Gasteiger partial charge < -0.3 is 10.6 Å². The fourth-order valence-corrected chi connectivity index (χ4v) is 3.58. The molecule has 0 saturated heterocycles. The van der Waals surface area contributed by atoms with Crippen LogP contribution in [0.25, 0.3) is 17.1 Å². The van der Waals surface area contributed by atoms with E-state index in [1.54, 1.807) is 0 Å². The van der Waals surface area contributed by atoms with Gasteiger partial charge in [0.15, 0.2) is 11.0 Å². The summed E-state index contributed by atoms with van der Waals surface area (Å²) in [5.74, 6) is 0.392. The van der Waals surface area contributed by atoms with Gasteiger partial charge in [0.05, 0.1) is 12.3 Å². The van der Waals surface area contributed by atoms with E-state index in [1.807, 2.05) is 79.9 Å². The summed E-state index contributed by atoms with van der Waals surface area (Å²) < 4.78 is 1.94. The molecule has 3 aromatic rings. The highest BCUT2D eigenvalue weighted by Crippen LogP contribution is 2.27. The zero-order valence-electron chi connectivity index (χ0n) is 17.3. The molecule has 156 valence electrons. The second kappa shape index (κ2) is 10.1. The van der Waals surface area contributed by atoms with Crippen LogP contribution in [0, 0.1) is 6.92 Å². The third-order valence-electron chi connectivity index (χ3n) is 4.19. The standard InChI is InChI=1S/C22H25N5O2S/c1-15(2)24-19(28)13-23-20(29)14-30-22-26-25-21(17-7-5-4-6-8-17)27(22)18-11-9-16(3)10-12-18/h4-12,15H,13-14H2,1-3H3,(H,23,29)(H,24,28). The van der Waals surface area contributed by atoms with Crippen molar-refractivity contribution in [1.29, 1.82) is 0 Å². The summed E-state index contributed by atoms with van der Waals surface area (Å²) in [6, 6.07) is 17.9. The molecule has 0 aliphatic heterocycles. The molecule has 0 fully saturated rings. The Kier molecular flexibility index (Phi) is 7.24. The molecule has 2 amide bonds. The van der Waals surface area contributed by atoms with Gasteiger partial charge in [0.25, 0.3) is 0 Å². The van der Waals surface area contributed by atoms with Crippen LogP contribution in [0.1, 0.15) is 19.4 Å². The van der Waals surface area contributed by atoms with E-state index in [-0.39, 0.29) is 30.2 Å². The number of aryl methyl sites for hydroxylation is 1. The van der Waals surface area contributed by atoms with Gasteiger partial charge in [-0.15, -0.1) is 10.2 Å². The minimum absolute atomic E-state index is 0.0354. The Labute approximate surface area is 180 Å². The van der Waals surface area contributed by atoms with Gasteiger partial charge in [-0.25, -0.2) is 0 Å². The number of hydrogen-bond acceptors (Lipinski definition) is 5. The number of thioether (sulfide) groups is 1. The smallest absolute Gasteiger partial charge is 0.239 e. The minimum atomic E-state index is -0.237. The van der Waals surface area contributed by atoms with Crippen molar-refractivity contribution in [2.24, 2.45) is 0 Å². The molecule has 7 nitrogen and oxygen atoms in total. The Morgan fingerprint density at radius 1 is 1.00 bits per heavy atom. The van der Waals surface area contributed by atoms with Crippen LogP contribution in [0.15, 0.2) is 59.8 Å². The molecule has 1 aromatic heterocycles. The maximum absolute atomic E-state index is 12.2. The number of rotatable bonds is 8. The summed E-state index contributed by atoms with van der Waals surface area (Å²) in [6.45, 7) is 5.73. The van der Waals surface area contributed by atoms with Gasteiger partial charge in [0.2, 0.25) is 11.8 Å². The minimum Gasteiger partial charge on any atom is -0.352 e. The van der Waals surface area contributed by atoms with Crippen molar-refractivity contribution < 1.29 is 9.59 Å². The van der Waals surface area contributed by atoms with Crippen LogP contribution in [0.3, 0.4) is 0 Å². The first-order chi connectivity index (χ1) is 14.4. The first-order valence-electron chi connectivity index (χ1n) is 9.71. The average Bonchev–Trinajstić information content (AvgIpc) is 3.15. The third-order valence-corrected chi connectivity index (χ3v) is 5.11. The van der Waals surface area contributed by atoms with Crippen molar-refractivity contribution >= 4 is 23.6 Å². The maximum atomic E-state index is 12.2. The van der Waals surface area contributed by atoms with Crippen LogP contribution in [-0.2, 0) is 9.59 Å². The van der Waals surface area contributed by atoms with Crippen molar-refractivity contribution in [3.63, 3.8) is 0 Å². The molecule has 0 aliphatic carbocycles. The van der Waals surface area contributed by atoms with Gasteiger partial charge in [-0.05, 0) is 32.9 Å². The van der Waals surface area contributed by atoms with Crippen LogP contribution in [0.4, 0.5) is 0 Å². The van der Waals surface area contributed by atoms with Crippen molar-refractivity contribution in [3.8, 4) is 17.1 Å². The lowest BCUT2D eigenvalue weighted by atomic mass is 10.2. The van der Waals surface area contributed by atoms with Gasteiger partial charge in [-0.3, -0.25) is 14.2 Å². The Morgan fingerprint density at radius 3 is 2.37 bits per heavy atom. The van der Waals surface area contributed by atoms with E-state index < -0.39 is 0 Å². The van der Waals surface area contributed by atoms with Crippen LogP contribution in [-0.4, -0.2) is 44.9 Å². The summed E-state index contributed by atoms with van der Waals surface area (Å²) in [5, 5.41) is 14.7. The second-order valence-corrected chi connectivity index (χ2v) is 8.07. The number of amides is 2. The van der Waals surface area contributed by atoms with Crippen molar-refractivity contribution in [1.82, 2.24) is 25.4 Å². The fraction of sp³-hybridized carbons (Fsp3) is 0.273. The van der Waals surface area contributed by atoms with Crippen LogP contribution >= 0.6 is 11.8 Å². The number of carbonyl (C=O) groups is 2. The van der Waals surface area contributed by atoms with Crippen molar-refractivity contribution in [2.45, 2.75) is 32.0 Å². The highest BCUT2D eigenvalue weighted by Gasteiger charge is 2.17. The van der Waals surface area contributed by atoms with E-state index in [4.69, 9.17) is 0 Å². The quantitative estimate of drug-likeness (QED) is 0.544. The molecule has 0 spiro atoms. The molecule has 0 unspecified atom stereocenters. The van der Waals surface area contributed by atoms with Crippen molar-refractivity contribution in [3.05, 3.63) is 60.2 Å². The molecule has 0 radical (unpaired) electrons. The number of nitrogens with zero attached hydrogens (tertiary/aromatic N) is 3. The van der Waals surface area contributed by atoms with Crippen LogP contribution in [0.5, 0.6) is 0 Å². The predicted molar refractivity (Wildman–Crippen MR) is 119 cm³/mol. The maximum Gasteiger partial charge on any atom is 0.239 e. The van der Waals surface area contributed by atoms with Gasteiger partial charge in [0.1, 0.15) is 0 Å². The van der Waals surface area contributed by atoms with Crippen LogP contribution < -0.4 is 10.6 Å². The molecule has 2 N–H and O–H groups in total. The zero-order chi connectivity index (χ0) is 21.5. The summed E-state index contributed by atoms with van der Waals surface area (Å²) >= 11 is 1.28. The lowest BCUT2D eigenvalue weighted by molar-refractivity contribution is -0.125. The normalized spacial score (nSPS) is 10.8. The molecule has 2 aromatic carbocycles. The summed E-state index contributed by atoms with van der Waals surface area (Å²) in [6.07, 6.45) is 0. The first kappa shape index (κ1) is 21.6. The summed E-state index contributed by atoms with van der Waals surface area (Å²) in [7, 11) is 0. The zero-order valence-corrected chi connectivity index (χ0v) is 18.1. The molecule has 0 aliphatic rings. The topological polar surface area (TPSA) is 88.9 Å². The third kappa shape index (κ3) is 5.70. The molecule has 0 atom stereocenters. The lowest BCUT2D eigenvalue weighted by Crippen LogP contribution is -2.40. The second-order valence-electron chi connectivity index (χ2n) is 7.13. The van der Waals surface area contributed by atoms with E-state index in [0.29, 0.717) is 11.0 Å². The molecular weight excluding hydrogens is 398 g/mol. The van der Waals surface area contributed by atoms with Crippen molar-refractivity contribution in [2.75, 3.05) is 12.3 Å². The van der Waals surface area contributed by atoms with E-state index in [0.717, 1.165) is 16.8 Å². The molecule has 30 heavy (non-hydrogen) atoms. The summed E-state index contributed by atoms with van der Waals surface area (Å²) in [4.78, 5) is 23.9. The molecule has 0 bridgehead atoms. The molecule has 8 heteroatoms. The van der Waals surface area contributed by atoms with E-state index >= 15 is 0 Å². The molecular formula is C22H25N5O2S. The Hall–Kier alpha value is -3.13. The fourth-order valence-electron chi connectivity index (χ4n) is 2.80. The van der Waals surface area contributed by atoms with Crippen LogP contribution in [0.2, 0.25) is 0 Å². The predicted octanol–water partition coefficient (Wildman–Crippen LogP) is 2.98. The number of aromatic nitrogens is 3. The van der Waals surface area contributed by atoms with E-state index in [1.165, 1.54) is 11.8 Å². The lowest BCUT2D eigenvalue weighted by Gasteiger charge is -2.11. The number of benzene rings is 2. The van der Waals surface area contributed by atoms with Gasteiger partial charge in [0, 0.05) is 17.3 Å². The SMILES string of the molecule is Cc1ccc(-n2c(SCC(=O)NCC(=O)NC(C)C)nnc2-c2ccccc2)cc1.